The molecule has 22 heavy (non-hydrogen) atoms. The first-order chi connectivity index (χ1) is 10.6. The molecule has 2 amide bonds. The van der Waals surface area contributed by atoms with Crippen molar-refractivity contribution in [3.05, 3.63) is 46.0 Å². The summed E-state index contributed by atoms with van der Waals surface area (Å²) in [5.74, 6) is 0.415. The van der Waals surface area contributed by atoms with Gasteiger partial charge in [-0.3, -0.25) is 9.59 Å². The van der Waals surface area contributed by atoms with Gasteiger partial charge in [-0.2, -0.15) is 0 Å². The SMILES string of the molecule is Cc1ccsc1CNC(=O)[C@H]1CC(=O)N(Cc2ccco2)C1. The number of hydrogen-bond acceptors (Lipinski definition) is 4. The van der Waals surface area contributed by atoms with Gasteiger partial charge >= 0.3 is 0 Å². The number of carbonyl (C=O) groups excluding carboxylic acids is 2. The number of nitrogens with one attached hydrogen (secondary N) is 1. The van der Waals surface area contributed by atoms with Gasteiger partial charge in [0.2, 0.25) is 11.8 Å². The van der Waals surface area contributed by atoms with Gasteiger partial charge in [0.1, 0.15) is 5.76 Å². The molecule has 3 heterocycles. The van der Waals surface area contributed by atoms with E-state index in [0.29, 0.717) is 19.6 Å². The Balaban J connectivity index is 1.53. The van der Waals surface area contributed by atoms with Crippen LogP contribution < -0.4 is 5.32 Å². The molecule has 0 bridgehead atoms. The van der Waals surface area contributed by atoms with Gasteiger partial charge in [0, 0.05) is 17.8 Å². The zero-order valence-electron chi connectivity index (χ0n) is 12.4. The van der Waals surface area contributed by atoms with E-state index in [1.54, 1.807) is 28.6 Å². The van der Waals surface area contributed by atoms with E-state index in [2.05, 4.69) is 5.32 Å². The molecule has 1 N–H and O–H groups in total. The lowest BCUT2D eigenvalue weighted by Gasteiger charge is -2.15. The van der Waals surface area contributed by atoms with Gasteiger partial charge in [-0.1, -0.05) is 0 Å². The van der Waals surface area contributed by atoms with E-state index in [9.17, 15) is 9.59 Å². The highest BCUT2D eigenvalue weighted by Crippen LogP contribution is 2.21. The number of amides is 2. The highest BCUT2D eigenvalue weighted by molar-refractivity contribution is 7.10. The monoisotopic (exact) mass is 318 g/mol. The second-order valence-electron chi connectivity index (χ2n) is 5.50. The Bertz CT molecular complexity index is 663. The minimum atomic E-state index is -0.275. The van der Waals surface area contributed by atoms with Crippen LogP contribution in [0.3, 0.4) is 0 Å². The molecule has 0 saturated carbocycles. The standard InChI is InChI=1S/C16H18N2O3S/c1-11-4-6-22-14(11)8-17-16(20)12-7-15(19)18(9-12)10-13-3-2-5-21-13/h2-6,12H,7-10H2,1H3,(H,17,20)/t12-/m0/s1. The fraction of sp³-hybridized carbons (Fsp3) is 0.375. The number of rotatable bonds is 5. The molecule has 1 aliphatic heterocycles. The van der Waals surface area contributed by atoms with Gasteiger partial charge in [-0.15, -0.1) is 11.3 Å². The van der Waals surface area contributed by atoms with Gasteiger partial charge in [-0.05, 0) is 36.1 Å². The summed E-state index contributed by atoms with van der Waals surface area (Å²) in [4.78, 5) is 27.1. The van der Waals surface area contributed by atoms with Gasteiger partial charge < -0.3 is 14.6 Å². The van der Waals surface area contributed by atoms with Crippen molar-refractivity contribution in [2.75, 3.05) is 6.54 Å². The number of carbonyl (C=O) groups is 2. The van der Waals surface area contributed by atoms with Crippen molar-refractivity contribution >= 4 is 23.2 Å². The smallest absolute Gasteiger partial charge is 0.225 e. The van der Waals surface area contributed by atoms with E-state index in [-0.39, 0.29) is 24.2 Å². The average Bonchev–Trinajstić information content (AvgIpc) is 3.21. The van der Waals surface area contributed by atoms with Crippen molar-refractivity contribution < 1.29 is 14.0 Å². The van der Waals surface area contributed by atoms with Crippen molar-refractivity contribution in [1.29, 1.82) is 0 Å². The zero-order chi connectivity index (χ0) is 15.5. The van der Waals surface area contributed by atoms with Gasteiger partial charge in [0.25, 0.3) is 0 Å². The van der Waals surface area contributed by atoms with E-state index in [1.807, 2.05) is 24.4 Å². The van der Waals surface area contributed by atoms with Crippen molar-refractivity contribution in [1.82, 2.24) is 10.2 Å². The molecule has 1 aliphatic rings. The molecule has 0 spiro atoms. The average molecular weight is 318 g/mol. The first-order valence-electron chi connectivity index (χ1n) is 7.24. The highest BCUT2D eigenvalue weighted by atomic mass is 32.1. The van der Waals surface area contributed by atoms with Crippen LogP contribution in [0, 0.1) is 12.8 Å². The van der Waals surface area contributed by atoms with E-state index in [1.165, 1.54) is 5.56 Å². The molecule has 0 radical (unpaired) electrons. The van der Waals surface area contributed by atoms with Gasteiger partial charge in [0.15, 0.2) is 0 Å². The van der Waals surface area contributed by atoms with E-state index < -0.39 is 0 Å². The lowest BCUT2D eigenvalue weighted by Crippen LogP contribution is -2.32. The first kappa shape index (κ1) is 14.8. The molecule has 2 aromatic rings. The maximum absolute atomic E-state index is 12.2. The van der Waals surface area contributed by atoms with Crippen LogP contribution in [-0.4, -0.2) is 23.3 Å². The summed E-state index contributed by atoms with van der Waals surface area (Å²) in [7, 11) is 0. The van der Waals surface area contributed by atoms with Crippen LogP contribution in [0.25, 0.3) is 0 Å². The van der Waals surface area contributed by atoms with Gasteiger partial charge in [0.05, 0.1) is 25.3 Å². The number of nitrogens with zero attached hydrogens (tertiary/aromatic N) is 1. The molecular formula is C16H18N2O3S. The first-order valence-corrected chi connectivity index (χ1v) is 8.12. The highest BCUT2D eigenvalue weighted by Gasteiger charge is 2.34. The summed E-state index contributed by atoms with van der Waals surface area (Å²) in [6.45, 7) is 3.45. The summed E-state index contributed by atoms with van der Waals surface area (Å²) in [5, 5.41) is 4.95. The van der Waals surface area contributed by atoms with Crippen LogP contribution in [0.2, 0.25) is 0 Å². The molecule has 0 unspecified atom stereocenters. The van der Waals surface area contributed by atoms with Crippen molar-refractivity contribution in [3.8, 4) is 0 Å². The summed E-state index contributed by atoms with van der Waals surface area (Å²) in [5.41, 5.74) is 1.19. The largest absolute Gasteiger partial charge is 0.467 e. The van der Waals surface area contributed by atoms with Crippen molar-refractivity contribution in [2.45, 2.75) is 26.4 Å². The van der Waals surface area contributed by atoms with Crippen LogP contribution in [0.5, 0.6) is 0 Å². The maximum Gasteiger partial charge on any atom is 0.225 e. The van der Waals surface area contributed by atoms with E-state index >= 15 is 0 Å². The molecular weight excluding hydrogens is 300 g/mol. The number of hydrogen-bond donors (Lipinski definition) is 1. The summed E-state index contributed by atoms with van der Waals surface area (Å²) in [6.07, 6.45) is 1.86. The van der Waals surface area contributed by atoms with Crippen LogP contribution >= 0.6 is 11.3 Å². The zero-order valence-corrected chi connectivity index (χ0v) is 13.2. The Morgan fingerprint density at radius 3 is 3.05 bits per heavy atom. The van der Waals surface area contributed by atoms with Crippen molar-refractivity contribution in [2.24, 2.45) is 5.92 Å². The lowest BCUT2D eigenvalue weighted by molar-refractivity contribution is -0.129. The topological polar surface area (TPSA) is 62.6 Å². The fourth-order valence-corrected chi connectivity index (χ4v) is 3.43. The Hall–Kier alpha value is -2.08. The normalized spacial score (nSPS) is 18.0. The van der Waals surface area contributed by atoms with E-state index in [4.69, 9.17) is 4.42 Å². The quantitative estimate of drug-likeness (QED) is 0.920. The fourth-order valence-electron chi connectivity index (χ4n) is 2.59. The third-order valence-electron chi connectivity index (χ3n) is 3.90. The minimum absolute atomic E-state index is 0.00357. The van der Waals surface area contributed by atoms with Crippen LogP contribution in [0.15, 0.2) is 34.3 Å². The van der Waals surface area contributed by atoms with Gasteiger partial charge in [-0.25, -0.2) is 0 Å². The van der Waals surface area contributed by atoms with Crippen LogP contribution in [-0.2, 0) is 22.7 Å². The second kappa shape index (κ2) is 6.36. The number of likely N-dealkylation sites (tertiary alicyclic amines) is 1. The van der Waals surface area contributed by atoms with Crippen LogP contribution in [0.1, 0.15) is 22.6 Å². The predicted molar refractivity (Wildman–Crippen MR) is 83.1 cm³/mol. The van der Waals surface area contributed by atoms with Crippen LogP contribution in [0.4, 0.5) is 0 Å². The Morgan fingerprint density at radius 2 is 2.36 bits per heavy atom. The third-order valence-corrected chi connectivity index (χ3v) is 4.93. The lowest BCUT2D eigenvalue weighted by atomic mass is 10.1. The number of furan rings is 1. The molecule has 1 saturated heterocycles. The molecule has 0 aliphatic carbocycles. The Morgan fingerprint density at radius 1 is 1.50 bits per heavy atom. The van der Waals surface area contributed by atoms with E-state index in [0.717, 1.165) is 10.6 Å². The molecule has 5 nitrogen and oxygen atoms in total. The summed E-state index contributed by atoms with van der Waals surface area (Å²) < 4.78 is 5.26. The molecule has 3 rings (SSSR count). The Labute approximate surface area is 132 Å². The molecule has 1 atom stereocenters. The third kappa shape index (κ3) is 3.22. The summed E-state index contributed by atoms with van der Waals surface area (Å²) >= 11 is 1.63. The van der Waals surface area contributed by atoms with Crippen molar-refractivity contribution in [3.63, 3.8) is 0 Å². The molecule has 1 fully saturated rings. The number of aryl methyl sites for hydroxylation is 1. The molecule has 0 aromatic carbocycles. The number of thiophene rings is 1. The molecule has 116 valence electrons. The summed E-state index contributed by atoms with van der Waals surface area (Å²) in [6, 6.07) is 5.67. The maximum atomic E-state index is 12.2. The predicted octanol–water partition coefficient (Wildman–Crippen LogP) is 2.31. The second-order valence-corrected chi connectivity index (χ2v) is 6.50. The minimum Gasteiger partial charge on any atom is -0.467 e. The Kier molecular flexibility index (Phi) is 4.29. The molecule has 2 aromatic heterocycles. The molecule has 6 heteroatoms.